The Balaban J connectivity index is 4.44. The zero-order chi connectivity index (χ0) is 18.7. The highest BCUT2D eigenvalue weighted by molar-refractivity contribution is 5.91. The van der Waals surface area contributed by atoms with Crippen molar-refractivity contribution in [3.63, 3.8) is 0 Å². The zero-order valence-corrected chi connectivity index (χ0v) is 13.8. The first-order chi connectivity index (χ1) is 11.2. The number of primary amides is 1. The van der Waals surface area contributed by atoms with Crippen molar-refractivity contribution in [2.45, 2.75) is 57.2 Å². The quantitative estimate of drug-likeness (QED) is 0.216. The lowest BCUT2D eigenvalue weighted by Crippen LogP contribution is -2.53. The van der Waals surface area contributed by atoms with Gasteiger partial charge in [0.2, 0.25) is 17.7 Å². The number of hydrogen-bond acceptors (Lipinski definition) is 6. The van der Waals surface area contributed by atoms with Crippen molar-refractivity contribution in [1.82, 2.24) is 10.6 Å². The summed E-state index contributed by atoms with van der Waals surface area (Å²) in [5, 5.41) is 13.8. The molecular formula is C14H27N5O5. The van der Waals surface area contributed by atoms with Gasteiger partial charge in [0.15, 0.2) is 0 Å². The molecule has 0 aromatic carbocycles. The fraction of sp³-hybridized carbons (Fsp3) is 0.714. The molecule has 0 saturated carbocycles. The number of aliphatic carboxylic acids is 1. The topological polar surface area (TPSA) is 191 Å². The van der Waals surface area contributed by atoms with Crippen LogP contribution in [-0.2, 0) is 19.2 Å². The van der Waals surface area contributed by atoms with Gasteiger partial charge < -0.3 is 32.9 Å². The van der Waals surface area contributed by atoms with Crippen LogP contribution in [-0.4, -0.2) is 53.5 Å². The van der Waals surface area contributed by atoms with Crippen LogP contribution >= 0.6 is 0 Å². The van der Waals surface area contributed by atoms with Crippen LogP contribution in [0.5, 0.6) is 0 Å². The molecule has 0 bridgehead atoms. The van der Waals surface area contributed by atoms with Crippen molar-refractivity contribution in [2.24, 2.45) is 17.2 Å². The Bertz CT molecular complexity index is 457. The lowest BCUT2D eigenvalue weighted by Gasteiger charge is -2.20. The monoisotopic (exact) mass is 345 g/mol. The Morgan fingerprint density at radius 1 is 1.04 bits per heavy atom. The largest absolute Gasteiger partial charge is 0.480 e. The lowest BCUT2D eigenvalue weighted by atomic mass is 10.1. The summed E-state index contributed by atoms with van der Waals surface area (Å²) in [5.41, 5.74) is 15.9. The number of amides is 3. The van der Waals surface area contributed by atoms with Gasteiger partial charge >= 0.3 is 5.97 Å². The highest BCUT2D eigenvalue weighted by Crippen LogP contribution is 2.02. The van der Waals surface area contributed by atoms with E-state index in [4.69, 9.17) is 22.3 Å². The average Bonchev–Trinajstić information content (AvgIpc) is 2.50. The van der Waals surface area contributed by atoms with E-state index < -0.39 is 41.8 Å². The first-order valence-electron chi connectivity index (χ1n) is 7.76. The van der Waals surface area contributed by atoms with Crippen molar-refractivity contribution < 1.29 is 24.3 Å². The Labute approximate surface area is 140 Å². The maximum absolute atomic E-state index is 12.0. The molecule has 0 radical (unpaired) electrons. The van der Waals surface area contributed by atoms with Crippen LogP contribution < -0.4 is 27.8 Å². The molecule has 0 aliphatic rings. The number of carboxylic acids is 1. The number of carboxylic acid groups (broad SMARTS) is 1. The van der Waals surface area contributed by atoms with Gasteiger partial charge in [0.25, 0.3) is 0 Å². The summed E-state index contributed by atoms with van der Waals surface area (Å²) < 4.78 is 0. The van der Waals surface area contributed by atoms with Gasteiger partial charge in [-0.15, -0.1) is 0 Å². The van der Waals surface area contributed by atoms with Gasteiger partial charge in [-0.1, -0.05) is 0 Å². The van der Waals surface area contributed by atoms with Gasteiger partial charge in [0.1, 0.15) is 12.1 Å². The van der Waals surface area contributed by atoms with E-state index in [1.54, 1.807) is 0 Å². The Morgan fingerprint density at radius 3 is 2.17 bits per heavy atom. The number of unbranched alkanes of at least 4 members (excludes halogenated alkanes) is 1. The van der Waals surface area contributed by atoms with Crippen molar-refractivity contribution in [3.8, 4) is 0 Å². The van der Waals surface area contributed by atoms with Crippen LogP contribution in [0.1, 0.15) is 39.0 Å². The second kappa shape index (κ2) is 11.4. The van der Waals surface area contributed by atoms with E-state index in [2.05, 4.69) is 10.6 Å². The third-order valence-corrected chi connectivity index (χ3v) is 3.35. The molecule has 3 amide bonds. The number of hydrogen-bond donors (Lipinski definition) is 6. The van der Waals surface area contributed by atoms with Crippen LogP contribution in [0.25, 0.3) is 0 Å². The van der Waals surface area contributed by atoms with Gasteiger partial charge in [-0.05, 0) is 39.2 Å². The first-order valence-corrected chi connectivity index (χ1v) is 7.76. The van der Waals surface area contributed by atoms with Crippen LogP contribution in [0.2, 0.25) is 0 Å². The molecule has 0 aromatic rings. The number of rotatable bonds is 12. The molecule has 0 saturated heterocycles. The summed E-state index contributed by atoms with van der Waals surface area (Å²) >= 11 is 0. The van der Waals surface area contributed by atoms with Gasteiger partial charge in [0, 0.05) is 6.42 Å². The molecule has 24 heavy (non-hydrogen) atoms. The zero-order valence-electron chi connectivity index (χ0n) is 13.8. The second-order valence-electron chi connectivity index (χ2n) is 5.53. The van der Waals surface area contributed by atoms with Gasteiger partial charge in [0.05, 0.1) is 6.04 Å². The normalized spacial score (nSPS) is 14.3. The number of carbonyl (C=O) groups excluding carboxylic acids is 3. The molecule has 138 valence electrons. The van der Waals surface area contributed by atoms with Crippen molar-refractivity contribution in [1.29, 1.82) is 0 Å². The third kappa shape index (κ3) is 9.06. The number of nitrogens with two attached hydrogens (primary N) is 3. The Kier molecular flexibility index (Phi) is 10.3. The lowest BCUT2D eigenvalue weighted by molar-refractivity contribution is -0.142. The maximum atomic E-state index is 12.0. The number of carbonyl (C=O) groups is 4. The first kappa shape index (κ1) is 21.8. The smallest absolute Gasteiger partial charge is 0.326 e. The van der Waals surface area contributed by atoms with Gasteiger partial charge in [-0.3, -0.25) is 14.4 Å². The fourth-order valence-electron chi connectivity index (χ4n) is 1.86. The molecule has 0 fully saturated rings. The van der Waals surface area contributed by atoms with E-state index in [1.807, 2.05) is 0 Å². The molecule has 0 spiro atoms. The van der Waals surface area contributed by atoms with Crippen LogP contribution in [0.3, 0.4) is 0 Å². The SMILES string of the molecule is C[C@H](NC(=O)[C@@H](N)CCC(N)=O)C(=O)N[C@H](CCCCN)C(=O)O. The predicted octanol–water partition coefficient (Wildman–Crippen LogP) is -2.22. The summed E-state index contributed by atoms with van der Waals surface area (Å²) in [6.45, 7) is 1.85. The number of nitrogens with one attached hydrogen (secondary N) is 2. The van der Waals surface area contributed by atoms with Crippen LogP contribution in [0.15, 0.2) is 0 Å². The molecule has 3 atom stereocenters. The van der Waals surface area contributed by atoms with E-state index in [1.165, 1.54) is 6.92 Å². The Morgan fingerprint density at radius 2 is 1.67 bits per heavy atom. The van der Waals surface area contributed by atoms with E-state index in [-0.39, 0.29) is 19.3 Å². The van der Waals surface area contributed by atoms with Gasteiger partial charge in [-0.25, -0.2) is 4.79 Å². The highest BCUT2D eigenvalue weighted by Gasteiger charge is 2.25. The van der Waals surface area contributed by atoms with E-state index >= 15 is 0 Å². The van der Waals surface area contributed by atoms with Crippen molar-refractivity contribution >= 4 is 23.7 Å². The predicted molar refractivity (Wildman–Crippen MR) is 86.5 cm³/mol. The minimum Gasteiger partial charge on any atom is -0.480 e. The van der Waals surface area contributed by atoms with Crippen LogP contribution in [0.4, 0.5) is 0 Å². The maximum Gasteiger partial charge on any atom is 0.326 e. The standard InChI is InChI=1S/C14H27N5O5/c1-8(18-13(22)9(16)5-6-11(17)20)12(21)19-10(14(23)24)4-2-3-7-15/h8-10H,2-7,15-16H2,1H3,(H2,17,20)(H,18,22)(H,19,21)(H,23,24)/t8-,9-,10+/m0/s1. The fourth-order valence-corrected chi connectivity index (χ4v) is 1.86. The van der Waals surface area contributed by atoms with E-state index in [0.29, 0.717) is 19.4 Å². The molecule has 10 heteroatoms. The summed E-state index contributed by atoms with van der Waals surface area (Å²) in [7, 11) is 0. The molecular weight excluding hydrogens is 318 g/mol. The van der Waals surface area contributed by atoms with E-state index in [9.17, 15) is 19.2 Å². The molecule has 0 aromatic heterocycles. The summed E-state index contributed by atoms with van der Waals surface area (Å²) in [6, 6.07) is -2.99. The van der Waals surface area contributed by atoms with Crippen molar-refractivity contribution in [2.75, 3.05) is 6.54 Å². The molecule has 0 unspecified atom stereocenters. The summed E-state index contributed by atoms with van der Waals surface area (Å²) in [6.07, 6.45) is 1.48. The second-order valence-corrected chi connectivity index (χ2v) is 5.53. The third-order valence-electron chi connectivity index (χ3n) is 3.35. The minimum absolute atomic E-state index is 0.0443. The molecule has 0 rings (SSSR count). The molecule has 10 nitrogen and oxygen atoms in total. The molecule has 0 heterocycles. The molecule has 0 aliphatic carbocycles. The summed E-state index contributed by atoms with van der Waals surface area (Å²) in [4.78, 5) is 45.6. The molecule has 0 aliphatic heterocycles. The van der Waals surface area contributed by atoms with Crippen LogP contribution in [0, 0.1) is 0 Å². The van der Waals surface area contributed by atoms with Gasteiger partial charge in [-0.2, -0.15) is 0 Å². The average molecular weight is 345 g/mol. The molecule has 9 N–H and O–H groups in total. The van der Waals surface area contributed by atoms with Crippen molar-refractivity contribution in [3.05, 3.63) is 0 Å². The highest BCUT2D eigenvalue weighted by atomic mass is 16.4. The summed E-state index contributed by atoms with van der Waals surface area (Å²) in [5.74, 6) is -2.98. The Hall–Kier alpha value is -2.20. The minimum atomic E-state index is -1.16. The van der Waals surface area contributed by atoms with E-state index in [0.717, 1.165) is 0 Å².